The Balaban J connectivity index is 1.54. The Morgan fingerprint density at radius 3 is 2.03 bits per heavy atom. The third-order valence-corrected chi connectivity index (χ3v) is 14.3. The van der Waals surface area contributed by atoms with E-state index in [0.717, 1.165) is 41.4 Å². The van der Waals surface area contributed by atoms with Crippen LogP contribution in [0.5, 0.6) is 0 Å². The third-order valence-electron chi connectivity index (χ3n) is 14.3. The molecule has 10 atom stereocenters. The largest absolute Gasteiger partial charge is 0.0625 e. The number of rotatable bonds is 1. The first kappa shape index (κ1) is 22.8. The fourth-order valence-electron chi connectivity index (χ4n) is 11.9. The van der Waals surface area contributed by atoms with Crippen LogP contribution >= 0.6 is 0 Å². The van der Waals surface area contributed by atoms with Gasteiger partial charge < -0.3 is 0 Å². The average Bonchev–Trinajstić information content (AvgIpc) is 3.04. The van der Waals surface area contributed by atoms with Crippen molar-refractivity contribution >= 4 is 0 Å². The molecule has 0 heteroatoms. The van der Waals surface area contributed by atoms with Crippen LogP contribution in [0.25, 0.3) is 0 Å². The lowest BCUT2D eigenvalue weighted by atomic mass is 9.32. The molecule has 5 saturated carbocycles. The molecule has 0 aromatic carbocycles. The lowest BCUT2D eigenvalue weighted by Gasteiger charge is -2.73. The summed E-state index contributed by atoms with van der Waals surface area (Å²) in [5, 5.41) is 0. The highest BCUT2D eigenvalue weighted by Gasteiger charge is 2.70. The lowest BCUT2D eigenvalue weighted by molar-refractivity contribution is -0.242. The van der Waals surface area contributed by atoms with Crippen molar-refractivity contribution < 1.29 is 0 Å². The van der Waals surface area contributed by atoms with E-state index < -0.39 is 0 Å². The molecule has 5 aliphatic carbocycles. The van der Waals surface area contributed by atoms with E-state index in [0.29, 0.717) is 27.1 Å². The molecule has 0 bridgehead atoms. The van der Waals surface area contributed by atoms with Crippen molar-refractivity contribution in [3.8, 4) is 0 Å². The molecule has 0 amide bonds. The van der Waals surface area contributed by atoms with Crippen LogP contribution in [-0.2, 0) is 0 Å². The minimum absolute atomic E-state index is 0.519. The molecule has 0 N–H and O–H groups in total. The Morgan fingerprint density at radius 2 is 1.35 bits per heavy atom. The van der Waals surface area contributed by atoms with Gasteiger partial charge in [0.25, 0.3) is 0 Å². The highest BCUT2D eigenvalue weighted by Crippen LogP contribution is 2.77. The zero-order valence-electron chi connectivity index (χ0n) is 22.6. The van der Waals surface area contributed by atoms with E-state index in [9.17, 15) is 0 Å². The van der Waals surface area contributed by atoms with Gasteiger partial charge in [-0.15, -0.1) is 0 Å². The van der Waals surface area contributed by atoms with Gasteiger partial charge in [-0.1, -0.05) is 62.3 Å². The molecule has 0 radical (unpaired) electrons. The van der Waals surface area contributed by atoms with Crippen LogP contribution in [0.3, 0.4) is 0 Å². The predicted molar refractivity (Wildman–Crippen MR) is 134 cm³/mol. The maximum Gasteiger partial charge on any atom is -0.0235 e. The quantitative estimate of drug-likeness (QED) is 0.391. The average molecular weight is 427 g/mol. The van der Waals surface area contributed by atoms with Gasteiger partial charge in [0.05, 0.1) is 0 Å². The molecule has 5 rings (SSSR count). The van der Waals surface area contributed by atoms with E-state index in [1.165, 1.54) is 57.8 Å². The Kier molecular flexibility index (Phi) is 4.98. The van der Waals surface area contributed by atoms with Crippen LogP contribution in [0.2, 0.25) is 0 Å². The van der Waals surface area contributed by atoms with Crippen molar-refractivity contribution in [3.05, 3.63) is 0 Å². The Labute approximate surface area is 195 Å². The van der Waals surface area contributed by atoms with Crippen molar-refractivity contribution in [2.75, 3.05) is 0 Å². The van der Waals surface area contributed by atoms with Gasteiger partial charge in [-0.05, 0) is 133 Å². The summed E-state index contributed by atoms with van der Waals surface area (Å²) in [6.45, 7) is 24.0. The summed E-state index contributed by atoms with van der Waals surface area (Å²) in [6.07, 6.45) is 15.1. The summed E-state index contributed by atoms with van der Waals surface area (Å²) in [5.41, 5.74) is 2.87. The maximum absolute atomic E-state index is 2.82. The highest BCUT2D eigenvalue weighted by molar-refractivity contribution is 5.18. The van der Waals surface area contributed by atoms with Gasteiger partial charge in [-0.25, -0.2) is 0 Å². The molecule has 0 nitrogen and oxygen atoms in total. The summed E-state index contributed by atoms with van der Waals surface area (Å²) in [4.78, 5) is 0. The molecule has 5 aliphatic rings. The van der Waals surface area contributed by atoms with E-state index in [4.69, 9.17) is 0 Å². The second kappa shape index (κ2) is 6.78. The Bertz CT molecular complexity index is 718. The van der Waals surface area contributed by atoms with Gasteiger partial charge in [0.15, 0.2) is 0 Å². The van der Waals surface area contributed by atoms with E-state index in [2.05, 4.69) is 62.3 Å². The Morgan fingerprint density at radius 1 is 0.645 bits per heavy atom. The van der Waals surface area contributed by atoms with Crippen molar-refractivity contribution in [2.45, 2.75) is 127 Å². The minimum atomic E-state index is 0.519. The Hall–Kier alpha value is 0. The first-order valence-electron chi connectivity index (χ1n) is 14.3. The zero-order valence-corrected chi connectivity index (χ0v) is 22.6. The van der Waals surface area contributed by atoms with Crippen LogP contribution in [-0.4, -0.2) is 0 Å². The van der Waals surface area contributed by atoms with Crippen molar-refractivity contribution in [1.82, 2.24) is 0 Å². The fourth-order valence-corrected chi connectivity index (χ4v) is 11.9. The SMILES string of the molecule is CC(C)[C@@H]1CC[C@]2(C)CC[C@]3(C)[C@H](CC[C@@H]4[C@@]5(C)CCC(C)C(C)(C)C5CC[C@]43C)C12. The number of hydrogen-bond acceptors (Lipinski definition) is 0. The van der Waals surface area contributed by atoms with Crippen molar-refractivity contribution in [3.63, 3.8) is 0 Å². The third kappa shape index (κ3) is 2.72. The fraction of sp³-hybridized carbons (Fsp3) is 1.00. The number of fused-ring (bicyclic) bond motifs is 7. The van der Waals surface area contributed by atoms with E-state index in [1.54, 1.807) is 6.42 Å². The summed E-state index contributed by atoms with van der Waals surface area (Å²) in [5.74, 6) is 6.61. The molecule has 31 heavy (non-hydrogen) atoms. The van der Waals surface area contributed by atoms with Crippen LogP contribution in [0, 0.1) is 68.5 Å². The molecule has 0 saturated heterocycles. The lowest BCUT2D eigenvalue weighted by Crippen LogP contribution is -2.66. The normalized spacial score (nSPS) is 58.3. The van der Waals surface area contributed by atoms with E-state index >= 15 is 0 Å². The molecule has 5 fully saturated rings. The van der Waals surface area contributed by atoms with E-state index in [-0.39, 0.29) is 0 Å². The summed E-state index contributed by atoms with van der Waals surface area (Å²) < 4.78 is 0. The monoisotopic (exact) mass is 426 g/mol. The number of hydrogen-bond donors (Lipinski definition) is 0. The van der Waals surface area contributed by atoms with Gasteiger partial charge >= 0.3 is 0 Å². The minimum Gasteiger partial charge on any atom is -0.0625 e. The van der Waals surface area contributed by atoms with Gasteiger partial charge in [-0.2, -0.15) is 0 Å². The zero-order chi connectivity index (χ0) is 22.6. The summed E-state index contributed by atoms with van der Waals surface area (Å²) >= 11 is 0. The highest BCUT2D eigenvalue weighted by atomic mass is 14.7. The standard InChI is InChI=1S/C31H54/c1-20(2)22-13-15-28(6)18-19-30(8)23(26(22)28)10-11-25-29(7)16-12-21(3)27(4,5)24(29)14-17-31(25,30)9/h20-26H,10-19H2,1-9H3/t21?,22-,23+,24?,25+,26?,28+,29-,30+,31+/m0/s1. The molecule has 0 aromatic heterocycles. The van der Waals surface area contributed by atoms with Gasteiger partial charge in [0.2, 0.25) is 0 Å². The molecular weight excluding hydrogens is 372 g/mol. The van der Waals surface area contributed by atoms with Crippen LogP contribution < -0.4 is 0 Å². The first-order valence-corrected chi connectivity index (χ1v) is 14.3. The van der Waals surface area contributed by atoms with E-state index in [1.807, 2.05) is 0 Å². The summed E-state index contributed by atoms with van der Waals surface area (Å²) in [6, 6.07) is 0. The predicted octanol–water partition coefficient (Wildman–Crippen LogP) is 9.38. The maximum atomic E-state index is 2.82. The smallest absolute Gasteiger partial charge is 0.0235 e. The molecular formula is C31H54. The second-order valence-corrected chi connectivity index (χ2v) is 15.6. The second-order valence-electron chi connectivity index (χ2n) is 15.6. The summed E-state index contributed by atoms with van der Waals surface area (Å²) in [7, 11) is 0. The van der Waals surface area contributed by atoms with Crippen molar-refractivity contribution in [1.29, 1.82) is 0 Å². The van der Waals surface area contributed by atoms with Gasteiger partial charge in [-0.3, -0.25) is 0 Å². The van der Waals surface area contributed by atoms with Crippen LogP contribution in [0.4, 0.5) is 0 Å². The van der Waals surface area contributed by atoms with Crippen molar-refractivity contribution in [2.24, 2.45) is 68.5 Å². The molecule has 0 aliphatic heterocycles. The van der Waals surface area contributed by atoms with Crippen LogP contribution in [0.15, 0.2) is 0 Å². The topological polar surface area (TPSA) is 0 Å². The van der Waals surface area contributed by atoms with Crippen LogP contribution in [0.1, 0.15) is 127 Å². The molecule has 178 valence electrons. The molecule has 0 aromatic rings. The molecule has 3 unspecified atom stereocenters. The van der Waals surface area contributed by atoms with Gasteiger partial charge in [0, 0.05) is 0 Å². The molecule has 0 spiro atoms. The first-order chi connectivity index (χ1) is 14.3. The molecule has 0 heterocycles. The van der Waals surface area contributed by atoms with Gasteiger partial charge in [0.1, 0.15) is 0 Å².